The van der Waals surface area contributed by atoms with Crippen molar-refractivity contribution >= 4 is 11.9 Å². The second-order valence-electron chi connectivity index (χ2n) is 2.94. The summed E-state index contributed by atoms with van der Waals surface area (Å²) >= 11 is 0. The number of likely N-dealkylation sites (tertiary alicyclic amines) is 1. The number of rotatable bonds is 1. The van der Waals surface area contributed by atoms with E-state index in [4.69, 9.17) is 16.2 Å². The van der Waals surface area contributed by atoms with Gasteiger partial charge in [-0.25, -0.2) is 4.79 Å². The molecule has 1 atom stereocenters. The smallest absolute Gasteiger partial charge is 0.407 e. The van der Waals surface area contributed by atoms with Crippen LogP contribution in [0.4, 0.5) is 4.79 Å². The molecule has 68 valence electrons. The Hall–Kier alpha value is -1.26. The summed E-state index contributed by atoms with van der Waals surface area (Å²) in [7, 11) is 0. The van der Waals surface area contributed by atoms with Crippen LogP contribution in [0.25, 0.3) is 0 Å². The van der Waals surface area contributed by atoms with Gasteiger partial charge in [0.25, 0.3) is 0 Å². The average Bonchev–Trinajstić information content (AvgIpc) is 2.04. The fourth-order valence-corrected chi connectivity index (χ4v) is 1.48. The van der Waals surface area contributed by atoms with Crippen molar-refractivity contribution in [3.05, 3.63) is 0 Å². The minimum atomic E-state index is -0.977. The van der Waals surface area contributed by atoms with Gasteiger partial charge >= 0.3 is 6.09 Å². The molecule has 0 saturated carbocycles. The minimum Gasteiger partial charge on any atom is -0.465 e. The first kappa shape index (κ1) is 8.83. The quantitative estimate of drug-likeness (QED) is 0.395. The van der Waals surface area contributed by atoms with Crippen LogP contribution in [0.1, 0.15) is 19.3 Å². The lowest BCUT2D eigenvalue weighted by molar-refractivity contribution is 0.123. The van der Waals surface area contributed by atoms with Gasteiger partial charge in [-0.3, -0.25) is 10.3 Å². The topological polar surface area (TPSA) is 90.4 Å². The Bertz CT molecular complexity index is 183. The van der Waals surface area contributed by atoms with Gasteiger partial charge in [-0.2, -0.15) is 0 Å². The van der Waals surface area contributed by atoms with Crippen LogP contribution in [0, 0.1) is 5.41 Å². The normalized spacial score (nSPS) is 23.7. The monoisotopic (exact) mass is 171 g/mol. The first-order valence-electron chi connectivity index (χ1n) is 3.96. The van der Waals surface area contributed by atoms with Gasteiger partial charge in [-0.05, 0) is 19.3 Å². The molecule has 5 nitrogen and oxygen atoms in total. The van der Waals surface area contributed by atoms with E-state index >= 15 is 0 Å². The molecule has 1 aliphatic heterocycles. The van der Waals surface area contributed by atoms with E-state index < -0.39 is 12.1 Å². The van der Waals surface area contributed by atoms with Crippen LogP contribution in [0.5, 0.6) is 0 Å². The summed E-state index contributed by atoms with van der Waals surface area (Å²) in [5.74, 6) is -0.0444. The van der Waals surface area contributed by atoms with E-state index in [0.29, 0.717) is 13.0 Å². The summed E-state index contributed by atoms with van der Waals surface area (Å²) in [5.41, 5.74) is 5.27. The Morgan fingerprint density at radius 1 is 1.58 bits per heavy atom. The van der Waals surface area contributed by atoms with Crippen LogP contribution in [0.3, 0.4) is 0 Å². The van der Waals surface area contributed by atoms with Gasteiger partial charge in [0.05, 0.1) is 6.04 Å². The van der Waals surface area contributed by atoms with Crippen LogP contribution in [-0.2, 0) is 0 Å². The zero-order valence-corrected chi connectivity index (χ0v) is 6.79. The molecule has 0 aromatic rings. The van der Waals surface area contributed by atoms with Crippen molar-refractivity contribution in [2.45, 2.75) is 25.3 Å². The number of carboxylic acid groups (broad SMARTS) is 1. The highest BCUT2D eigenvalue weighted by Crippen LogP contribution is 2.16. The van der Waals surface area contributed by atoms with Gasteiger partial charge in [0, 0.05) is 6.54 Å². The molecule has 0 aliphatic carbocycles. The molecule has 0 spiro atoms. The molecule has 1 fully saturated rings. The van der Waals surface area contributed by atoms with E-state index in [1.165, 1.54) is 4.90 Å². The standard InChI is InChI=1S/C7H13N3O2/c8-6(9)5-3-1-2-4-10(5)7(11)12/h5H,1-4H2,(H3,8,9)(H,11,12). The molecule has 1 amide bonds. The second-order valence-corrected chi connectivity index (χ2v) is 2.94. The van der Waals surface area contributed by atoms with Crippen molar-refractivity contribution in [1.82, 2.24) is 4.90 Å². The van der Waals surface area contributed by atoms with Crippen LogP contribution in [0.2, 0.25) is 0 Å². The van der Waals surface area contributed by atoms with Gasteiger partial charge in [0.15, 0.2) is 0 Å². The van der Waals surface area contributed by atoms with Crippen LogP contribution < -0.4 is 5.73 Å². The summed E-state index contributed by atoms with van der Waals surface area (Å²) < 4.78 is 0. The summed E-state index contributed by atoms with van der Waals surface area (Å²) in [5, 5.41) is 15.9. The Balaban J connectivity index is 2.67. The van der Waals surface area contributed by atoms with Gasteiger partial charge < -0.3 is 10.8 Å². The number of nitrogens with two attached hydrogens (primary N) is 1. The maximum absolute atomic E-state index is 10.6. The number of amidine groups is 1. The van der Waals surface area contributed by atoms with Crippen LogP contribution >= 0.6 is 0 Å². The van der Waals surface area contributed by atoms with Crippen LogP contribution in [0.15, 0.2) is 0 Å². The lowest BCUT2D eigenvalue weighted by Crippen LogP contribution is -2.49. The fourth-order valence-electron chi connectivity index (χ4n) is 1.48. The molecule has 4 N–H and O–H groups in total. The molecule has 1 heterocycles. The highest BCUT2D eigenvalue weighted by molar-refractivity contribution is 5.86. The zero-order valence-electron chi connectivity index (χ0n) is 6.79. The third-order valence-corrected chi connectivity index (χ3v) is 2.11. The number of nitrogens with one attached hydrogen (secondary N) is 1. The van der Waals surface area contributed by atoms with Crippen molar-refractivity contribution in [2.75, 3.05) is 6.54 Å². The number of piperidine rings is 1. The van der Waals surface area contributed by atoms with Gasteiger partial charge in [0.2, 0.25) is 0 Å². The number of nitrogens with zero attached hydrogens (tertiary/aromatic N) is 1. The van der Waals surface area contributed by atoms with E-state index in [1.807, 2.05) is 0 Å². The van der Waals surface area contributed by atoms with E-state index in [-0.39, 0.29) is 5.84 Å². The predicted molar refractivity (Wildman–Crippen MR) is 44.3 cm³/mol. The number of carbonyl (C=O) groups is 1. The second kappa shape index (κ2) is 3.42. The average molecular weight is 171 g/mol. The Morgan fingerprint density at radius 2 is 2.25 bits per heavy atom. The van der Waals surface area contributed by atoms with Crippen molar-refractivity contribution < 1.29 is 9.90 Å². The Kier molecular flexibility index (Phi) is 2.52. The molecular formula is C7H13N3O2. The third-order valence-electron chi connectivity index (χ3n) is 2.11. The molecule has 1 saturated heterocycles. The molecule has 1 rings (SSSR count). The molecule has 5 heteroatoms. The first-order valence-corrected chi connectivity index (χ1v) is 3.96. The Labute approximate surface area is 70.7 Å². The summed E-state index contributed by atoms with van der Waals surface area (Å²) in [4.78, 5) is 11.9. The van der Waals surface area contributed by atoms with E-state index in [9.17, 15) is 4.79 Å². The van der Waals surface area contributed by atoms with E-state index in [2.05, 4.69) is 0 Å². The maximum atomic E-state index is 10.6. The van der Waals surface area contributed by atoms with Crippen LogP contribution in [-0.4, -0.2) is 34.5 Å². The summed E-state index contributed by atoms with van der Waals surface area (Å²) in [6.07, 6.45) is 1.53. The van der Waals surface area contributed by atoms with Gasteiger partial charge in [0.1, 0.15) is 5.84 Å². The first-order chi connectivity index (χ1) is 5.63. The Morgan fingerprint density at radius 3 is 2.67 bits per heavy atom. The number of amides is 1. The summed E-state index contributed by atoms with van der Waals surface area (Å²) in [6, 6.07) is -0.392. The lowest BCUT2D eigenvalue weighted by Gasteiger charge is -2.32. The van der Waals surface area contributed by atoms with Crippen molar-refractivity contribution in [3.63, 3.8) is 0 Å². The SMILES string of the molecule is N=C(N)C1CCCCN1C(=O)O. The molecule has 1 aliphatic rings. The molecule has 0 radical (unpaired) electrons. The van der Waals surface area contributed by atoms with Gasteiger partial charge in [-0.15, -0.1) is 0 Å². The molecule has 12 heavy (non-hydrogen) atoms. The molecule has 0 aromatic carbocycles. The summed E-state index contributed by atoms with van der Waals surface area (Å²) in [6.45, 7) is 0.500. The molecule has 0 bridgehead atoms. The molecule has 0 aromatic heterocycles. The third kappa shape index (κ3) is 1.66. The van der Waals surface area contributed by atoms with Crippen molar-refractivity contribution in [2.24, 2.45) is 5.73 Å². The largest absolute Gasteiger partial charge is 0.465 e. The fraction of sp³-hybridized carbons (Fsp3) is 0.714. The molecular weight excluding hydrogens is 158 g/mol. The number of hydrogen-bond donors (Lipinski definition) is 3. The number of hydrogen-bond acceptors (Lipinski definition) is 2. The zero-order chi connectivity index (χ0) is 9.14. The predicted octanol–water partition coefficient (Wildman–Crippen LogP) is 0.455. The highest BCUT2D eigenvalue weighted by Gasteiger charge is 2.28. The van der Waals surface area contributed by atoms with E-state index in [0.717, 1.165) is 12.8 Å². The molecule has 1 unspecified atom stereocenters. The maximum Gasteiger partial charge on any atom is 0.407 e. The lowest BCUT2D eigenvalue weighted by atomic mass is 10.0. The van der Waals surface area contributed by atoms with Crippen molar-refractivity contribution in [3.8, 4) is 0 Å². The minimum absolute atomic E-state index is 0.0444. The van der Waals surface area contributed by atoms with Gasteiger partial charge in [-0.1, -0.05) is 0 Å². The van der Waals surface area contributed by atoms with Crippen molar-refractivity contribution in [1.29, 1.82) is 5.41 Å². The highest BCUT2D eigenvalue weighted by atomic mass is 16.4. The van der Waals surface area contributed by atoms with E-state index in [1.54, 1.807) is 0 Å².